The number of hydrogen-bond acceptors (Lipinski definition) is 4. The third-order valence-corrected chi connectivity index (χ3v) is 5.50. The van der Waals surface area contributed by atoms with Crippen molar-refractivity contribution in [3.63, 3.8) is 0 Å². The number of nitrogens with zero attached hydrogens (tertiary/aromatic N) is 2. The first-order valence-electron chi connectivity index (χ1n) is 7.05. The van der Waals surface area contributed by atoms with Gasteiger partial charge in [0, 0.05) is 17.4 Å². The number of ketones is 1. The average molecular weight is 379 g/mol. The Morgan fingerprint density at radius 2 is 2.00 bits per heavy atom. The lowest BCUT2D eigenvalue weighted by Gasteiger charge is -2.20. The molecule has 0 N–H and O–H groups in total. The van der Waals surface area contributed by atoms with Crippen LogP contribution in [0.4, 0.5) is 5.13 Å². The fraction of sp³-hybridized carbons (Fsp3) is 0.312. The van der Waals surface area contributed by atoms with Crippen molar-refractivity contribution in [2.45, 2.75) is 32.7 Å². The Bertz CT molecular complexity index is 752. The van der Waals surface area contributed by atoms with E-state index < -0.39 is 0 Å². The molecule has 0 atom stereocenters. The maximum Gasteiger partial charge on any atom is 0.261 e. The van der Waals surface area contributed by atoms with E-state index in [1.165, 1.54) is 18.3 Å². The molecule has 6 heteroatoms. The third-order valence-electron chi connectivity index (χ3n) is 3.55. The minimum atomic E-state index is -0.0705. The van der Waals surface area contributed by atoms with E-state index >= 15 is 0 Å². The number of rotatable bonds is 4. The summed E-state index contributed by atoms with van der Waals surface area (Å²) in [7, 11) is 0. The number of aromatic nitrogens is 1. The zero-order valence-corrected chi connectivity index (χ0v) is 14.7. The van der Waals surface area contributed by atoms with Crippen molar-refractivity contribution in [3.05, 3.63) is 44.9 Å². The van der Waals surface area contributed by atoms with Gasteiger partial charge in [0.1, 0.15) is 0 Å². The molecule has 2 aromatic rings. The molecule has 0 spiro atoms. The molecular weight excluding hydrogens is 364 g/mol. The maximum atomic E-state index is 12.9. The van der Waals surface area contributed by atoms with Crippen LogP contribution in [0.2, 0.25) is 0 Å². The standard InChI is InChI=1S/C16H15BrN2O2S/c1-9-14(10(2)20)22-16(18-9)19(11-7-8-11)15(21)12-5-3-4-6-13(12)17/h3-6,11H,7-8H2,1-2H3. The predicted molar refractivity (Wildman–Crippen MR) is 90.8 cm³/mol. The Morgan fingerprint density at radius 3 is 2.55 bits per heavy atom. The third kappa shape index (κ3) is 2.85. The Balaban J connectivity index is 2.00. The number of halogens is 1. The van der Waals surface area contributed by atoms with Gasteiger partial charge >= 0.3 is 0 Å². The molecule has 0 bridgehead atoms. The zero-order chi connectivity index (χ0) is 15.9. The summed E-state index contributed by atoms with van der Waals surface area (Å²) in [5.74, 6) is -0.0795. The Morgan fingerprint density at radius 1 is 1.32 bits per heavy atom. The Labute approximate surface area is 141 Å². The molecule has 1 aliphatic carbocycles. The van der Waals surface area contributed by atoms with Gasteiger partial charge in [-0.25, -0.2) is 4.98 Å². The van der Waals surface area contributed by atoms with Gasteiger partial charge in [0.2, 0.25) is 0 Å². The molecule has 0 saturated heterocycles. The summed E-state index contributed by atoms with van der Waals surface area (Å²) in [6.07, 6.45) is 1.95. The van der Waals surface area contributed by atoms with Crippen LogP contribution in [0.15, 0.2) is 28.7 Å². The second-order valence-electron chi connectivity index (χ2n) is 5.35. The number of carbonyl (C=O) groups is 2. The summed E-state index contributed by atoms with van der Waals surface area (Å²) in [5, 5.41) is 0.617. The van der Waals surface area contributed by atoms with Crippen molar-refractivity contribution >= 4 is 44.1 Å². The Kier molecular flexibility index (Phi) is 4.14. The minimum Gasteiger partial charge on any atom is -0.294 e. The van der Waals surface area contributed by atoms with E-state index in [9.17, 15) is 9.59 Å². The number of anilines is 1. The van der Waals surface area contributed by atoms with E-state index in [1.807, 2.05) is 25.1 Å². The summed E-state index contributed by atoms with van der Waals surface area (Å²) in [6, 6.07) is 7.56. The molecule has 1 aromatic carbocycles. The van der Waals surface area contributed by atoms with Crippen LogP contribution in [-0.2, 0) is 0 Å². The van der Waals surface area contributed by atoms with Crippen LogP contribution in [0.25, 0.3) is 0 Å². The van der Waals surface area contributed by atoms with Crippen molar-refractivity contribution in [2.75, 3.05) is 4.90 Å². The maximum absolute atomic E-state index is 12.9. The van der Waals surface area contributed by atoms with Gasteiger partial charge in [0.05, 0.1) is 16.1 Å². The Hall–Kier alpha value is -1.53. The van der Waals surface area contributed by atoms with Gasteiger partial charge in [-0.15, -0.1) is 0 Å². The van der Waals surface area contributed by atoms with E-state index in [2.05, 4.69) is 20.9 Å². The summed E-state index contributed by atoms with van der Waals surface area (Å²) in [4.78, 5) is 31.4. The van der Waals surface area contributed by atoms with Gasteiger partial charge < -0.3 is 0 Å². The number of hydrogen-bond donors (Lipinski definition) is 0. The number of carbonyl (C=O) groups excluding carboxylic acids is 2. The highest BCUT2D eigenvalue weighted by atomic mass is 79.9. The number of Topliss-reactive ketones (excluding diaryl/α,β-unsaturated/α-hetero) is 1. The monoisotopic (exact) mass is 378 g/mol. The summed E-state index contributed by atoms with van der Waals surface area (Å²) < 4.78 is 0.769. The van der Waals surface area contributed by atoms with Gasteiger partial charge in [-0.3, -0.25) is 14.5 Å². The largest absolute Gasteiger partial charge is 0.294 e. The van der Waals surface area contributed by atoms with Gasteiger partial charge in [-0.05, 0) is 47.8 Å². The van der Waals surface area contributed by atoms with Crippen LogP contribution in [0, 0.1) is 6.92 Å². The molecule has 3 rings (SSSR count). The fourth-order valence-electron chi connectivity index (χ4n) is 2.32. The van der Waals surface area contributed by atoms with E-state index in [1.54, 1.807) is 11.0 Å². The number of amides is 1. The van der Waals surface area contributed by atoms with E-state index in [4.69, 9.17) is 0 Å². The lowest BCUT2D eigenvalue weighted by atomic mass is 10.2. The highest BCUT2D eigenvalue weighted by Gasteiger charge is 2.37. The van der Waals surface area contributed by atoms with Gasteiger partial charge in [0.25, 0.3) is 5.91 Å². The van der Waals surface area contributed by atoms with Crippen LogP contribution < -0.4 is 4.90 Å². The SMILES string of the molecule is CC(=O)c1sc(N(C(=O)c2ccccc2Br)C2CC2)nc1C. The first-order valence-corrected chi connectivity index (χ1v) is 8.66. The predicted octanol–water partition coefficient (Wildman–Crippen LogP) is 4.23. The molecule has 0 radical (unpaired) electrons. The van der Waals surface area contributed by atoms with Crippen molar-refractivity contribution in [1.29, 1.82) is 0 Å². The van der Waals surface area contributed by atoms with Crippen molar-refractivity contribution in [3.8, 4) is 0 Å². The molecule has 4 nitrogen and oxygen atoms in total. The molecule has 1 fully saturated rings. The molecule has 1 saturated carbocycles. The van der Waals surface area contributed by atoms with Crippen LogP contribution in [0.5, 0.6) is 0 Å². The van der Waals surface area contributed by atoms with E-state index in [-0.39, 0.29) is 17.7 Å². The van der Waals surface area contributed by atoms with Crippen LogP contribution in [0.3, 0.4) is 0 Å². The van der Waals surface area contributed by atoms with Crippen molar-refractivity contribution in [2.24, 2.45) is 0 Å². The lowest BCUT2D eigenvalue weighted by Crippen LogP contribution is -2.33. The topological polar surface area (TPSA) is 50.3 Å². The quantitative estimate of drug-likeness (QED) is 0.748. The summed E-state index contributed by atoms with van der Waals surface area (Å²) in [5.41, 5.74) is 1.31. The lowest BCUT2D eigenvalue weighted by molar-refractivity contribution is 0.0982. The van der Waals surface area contributed by atoms with E-state index in [0.717, 1.165) is 17.3 Å². The molecule has 114 valence electrons. The second kappa shape index (κ2) is 5.93. The fourth-order valence-corrected chi connectivity index (χ4v) is 3.80. The highest BCUT2D eigenvalue weighted by Crippen LogP contribution is 2.37. The molecule has 1 heterocycles. The van der Waals surface area contributed by atoms with Gasteiger partial charge in [-0.2, -0.15) is 0 Å². The first kappa shape index (κ1) is 15.4. The zero-order valence-electron chi connectivity index (χ0n) is 12.3. The molecule has 22 heavy (non-hydrogen) atoms. The highest BCUT2D eigenvalue weighted by molar-refractivity contribution is 9.10. The summed E-state index contributed by atoms with van der Waals surface area (Å²) in [6.45, 7) is 3.34. The number of thiazole rings is 1. The van der Waals surface area contributed by atoms with Crippen LogP contribution >= 0.6 is 27.3 Å². The molecule has 1 aliphatic rings. The molecular formula is C16H15BrN2O2S. The van der Waals surface area contributed by atoms with Crippen LogP contribution in [-0.4, -0.2) is 22.7 Å². The van der Waals surface area contributed by atoms with Gasteiger partial charge in [-0.1, -0.05) is 23.5 Å². The minimum absolute atomic E-state index is 0.00895. The average Bonchev–Trinajstić information content (AvgIpc) is 3.22. The number of benzene rings is 1. The van der Waals surface area contributed by atoms with Gasteiger partial charge in [0.15, 0.2) is 10.9 Å². The normalized spacial score (nSPS) is 14.0. The second-order valence-corrected chi connectivity index (χ2v) is 7.19. The summed E-state index contributed by atoms with van der Waals surface area (Å²) >= 11 is 4.73. The molecule has 1 aromatic heterocycles. The van der Waals surface area contributed by atoms with Crippen molar-refractivity contribution in [1.82, 2.24) is 4.98 Å². The number of aryl methyl sites for hydroxylation is 1. The molecule has 0 unspecified atom stereocenters. The molecule has 0 aliphatic heterocycles. The smallest absolute Gasteiger partial charge is 0.261 e. The van der Waals surface area contributed by atoms with Crippen molar-refractivity contribution < 1.29 is 9.59 Å². The first-order chi connectivity index (χ1) is 10.5. The van der Waals surface area contributed by atoms with E-state index in [0.29, 0.717) is 21.3 Å². The van der Waals surface area contributed by atoms with Crippen LogP contribution in [0.1, 0.15) is 45.5 Å². The molecule has 1 amide bonds.